The Morgan fingerprint density at radius 1 is 1.86 bits per heavy atom. The van der Waals surface area contributed by atoms with Crippen molar-refractivity contribution in [3.63, 3.8) is 0 Å². The number of nitrogens with zero attached hydrogens (tertiary/aromatic N) is 1. The minimum atomic E-state index is -0.518. The van der Waals surface area contributed by atoms with Crippen molar-refractivity contribution in [2.45, 2.75) is 19.0 Å². The standard InChI is InChI=1S/C9H14N4O/c1-2-3-8(10)9(14)12-5-7-4-11-6-13-7/h2,4,6,8H,1,3,5,10H2,(H,11,13)(H,12,14). The van der Waals surface area contributed by atoms with E-state index in [2.05, 4.69) is 21.9 Å². The predicted octanol–water partition coefficient (Wildman–Crippen LogP) is -0.0707. The zero-order valence-electron chi connectivity index (χ0n) is 7.86. The zero-order valence-corrected chi connectivity index (χ0v) is 7.86. The molecule has 1 aromatic rings. The maximum atomic E-state index is 11.3. The van der Waals surface area contributed by atoms with Crippen LogP contribution in [-0.2, 0) is 11.3 Å². The highest BCUT2D eigenvalue weighted by Gasteiger charge is 2.10. The Bertz CT molecular complexity index is 294. The van der Waals surface area contributed by atoms with Crippen molar-refractivity contribution >= 4 is 5.91 Å². The summed E-state index contributed by atoms with van der Waals surface area (Å²) in [5.74, 6) is -0.181. The van der Waals surface area contributed by atoms with Gasteiger partial charge in [0.25, 0.3) is 0 Å². The highest BCUT2D eigenvalue weighted by atomic mass is 16.2. The average molecular weight is 194 g/mol. The molecule has 5 heteroatoms. The van der Waals surface area contributed by atoms with Gasteiger partial charge in [-0.2, -0.15) is 0 Å². The number of nitrogens with two attached hydrogens (primary N) is 1. The molecule has 1 heterocycles. The Morgan fingerprint density at radius 2 is 2.64 bits per heavy atom. The van der Waals surface area contributed by atoms with Crippen molar-refractivity contribution < 1.29 is 4.79 Å². The molecule has 1 rings (SSSR count). The van der Waals surface area contributed by atoms with Crippen molar-refractivity contribution in [1.29, 1.82) is 0 Å². The van der Waals surface area contributed by atoms with Crippen LogP contribution in [0.1, 0.15) is 12.1 Å². The summed E-state index contributed by atoms with van der Waals surface area (Å²) in [7, 11) is 0. The zero-order chi connectivity index (χ0) is 10.4. The monoisotopic (exact) mass is 194 g/mol. The molecular weight excluding hydrogens is 180 g/mol. The van der Waals surface area contributed by atoms with Crippen molar-refractivity contribution in [2.24, 2.45) is 5.73 Å². The van der Waals surface area contributed by atoms with Gasteiger partial charge in [0.05, 0.1) is 24.6 Å². The number of nitrogens with one attached hydrogen (secondary N) is 2. The summed E-state index contributed by atoms with van der Waals surface area (Å²) in [6.45, 7) is 3.94. The molecule has 0 aliphatic carbocycles. The molecule has 1 atom stereocenters. The van der Waals surface area contributed by atoms with Crippen LogP contribution in [0.25, 0.3) is 0 Å². The normalized spacial score (nSPS) is 12.1. The smallest absolute Gasteiger partial charge is 0.237 e. The Morgan fingerprint density at radius 3 is 3.21 bits per heavy atom. The van der Waals surface area contributed by atoms with Crippen molar-refractivity contribution in [3.8, 4) is 0 Å². The van der Waals surface area contributed by atoms with Gasteiger partial charge in [-0.3, -0.25) is 4.79 Å². The Labute approximate surface area is 82.4 Å². The van der Waals surface area contributed by atoms with Crippen LogP contribution in [0.15, 0.2) is 25.2 Å². The van der Waals surface area contributed by atoms with Gasteiger partial charge in [0.1, 0.15) is 0 Å². The van der Waals surface area contributed by atoms with Gasteiger partial charge in [-0.05, 0) is 6.42 Å². The fourth-order valence-corrected chi connectivity index (χ4v) is 0.981. The van der Waals surface area contributed by atoms with Gasteiger partial charge >= 0.3 is 0 Å². The Balaban J connectivity index is 2.31. The van der Waals surface area contributed by atoms with Crippen LogP contribution in [0, 0.1) is 0 Å². The Hall–Kier alpha value is -1.62. The van der Waals surface area contributed by atoms with E-state index >= 15 is 0 Å². The first kappa shape index (κ1) is 10.5. The second kappa shape index (κ2) is 5.18. The number of rotatable bonds is 5. The first-order chi connectivity index (χ1) is 6.74. The van der Waals surface area contributed by atoms with Gasteiger partial charge < -0.3 is 16.0 Å². The van der Waals surface area contributed by atoms with Crippen molar-refractivity contribution in [1.82, 2.24) is 15.3 Å². The minimum Gasteiger partial charge on any atom is -0.349 e. The molecule has 0 saturated carbocycles. The molecule has 76 valence electrons. The van der Waals surface area contributed by atoms with Gasteiger partial charge in [0.15, 0.2) is 0 Å². The summed E-state index contributed by atoms with van der Waals surface area (Å²) in [4.78, 5) is 18.0. The van der Waals surface area contributed by atoms with Crippen LogP contribution in [-0.4, -0.2) is 21.9 Å². The first-order valence-corrected chi connectivity index (χ1v) is 4.35. The van der Waals surface area contributed by atoms with E-state index < -0.39 is 6.04 Å². The third-order valence-corrected chi connectivity index (χ3v) is 1.77. The van der Waals surface area contributed by atoms with Crippen LogP contribution in [0.5, 0.6) is 0 Å². The molecule has 0 saturated heterocycles. The molecular formula is C9H14N4O. The lowest BCUT2D eigenvalue weighted by Crippen LogP contribution is -2.39. The molecule has 0 fully saturated rings. The second-order valence-corrected chi connectivity index (χ2v) is 2.93. The van der Waals surface area contributed by atoms with Crippen LogP contribution < -0.4 is 11.1 Å². The van der Waals surface area contributed by atoms with Crippen LogP contribution in [0.2, 0.25) is 0 Å². The van der Waals surface area contributed by atoms with E-state index in [4.69, 9.17) is 5.73 Å². The Kier molecular flexibility index (Phi) is 3.87. The van der Waals surface area contributed by atoms with Crippen LogP contribution in [0.3, 0.4) is 0 Å². The quantitative estimate of drug-likeness (QED) is 0.574. The lowest BCUT2D eigenvalue weighted by atomic mass is 10.2. The molecule has 0 spiro atoms. The minimum absolute atomic E-state index is 0.181. The van der Waals surface area contributed by atoms with Crippen LogP contribution in [0.4, 0.5) is 0 Å². The number of hydrogen-bond acceptors (Lipinski definition) is 3. The molecule has 14 heavy (non-hydrogen) atoms. The first-order valence-electron chi connectivity index (χ1n) is 4.35. The average Bonchev–Trinajstić information content (AvgIpc) is 2.67. The molecule has 1 amide bonds. The van der Waals surface area contributed by atoms with Gasteiger partial charge in [0.2, 0.25) is 5.91 Å². The molecule has 5 nitrogen and oxygen atoms in total. The van der Waals surface area contributed by atoms with Gasteiger partial charge in [0, 0.05) is 6.20 Å². The molecule has 1 aromatic heterocycles. The third kappa shape index (κ3) is 3.02. The number of carbonyl (C=O) groups excluding carboxylic acids is 1. The molecule has 0 aliphatic rings. The lowest BCUT2D eigenvalue weighted by Gasteiger charge is -2.08. The van der Waals surface area contributed by atoms with E-state index in [-0.39, 0.29) is 5.91 Å². The summed E-state index contributed by atoms with van der Waals surface area (Å²) in [6.07, 6.45) is 5.32. The number of aromatic nitrogens is 2. The lowest BCUT2D eigenvalue weighted by molar-refractivity contribution is -0.122. The molecule has 0 bridgehead atoms. The number of H-pyrrole nitrogens is 1. The van der Waals surface area contributed by atoms with E-state index in [0.29, 0.717) is 13.0 Å². The fraction of sp³-hybridized carbons (Fsp3) is 0.333. The number of aromatic amines is 1. The summed E-state index contributed by atoms with van der Waals surface area (Å²) in [5, 5.41) is 2.69. The summed E-state index contributed by atoms with van der Waals surface area (Å²) in [6, 6.07) is -0.518. The van der Waals surface area contributed by atoms with E-state index in [0.717, 1.165) is 5.69 Å². The number of amides is 1. The second-order valence-electron chi connectivity index (χ2n) is 2.93. The molecule has 1 unspecified atom stereocenters. The fourth-order valence-electron chi connectivity index (χ4n) is 0.981. The van der Waals surface area contributed by atoms with Gasteiger partial charge in [-0.25, -0.2) is 4.98 Å². The van der Waals surface area contributed by atoms with Crippen molar-refractivity contribution in [2.75, 3.05) is 0 Å². The predicted molar refractivity (Wildman–Crippen MR) is 53.2 cm³/mol. The van der Waals surface area contributed by atoms with Gasteiger partial charge in [-0.15, -0.1) is 6.58 Å². The van der Waals surface area contributed by atoms with Gasteiger partial charge in [-0.1, -0.05) is 6.08 Å². The highest BCUT2D eigenvalue weighted by Crippen LogP contribution is 1.92. The summed E-state index contributed by atoms with van der Waals surface area (Å²) < 4.78 is 0. The molecule has 0 aliphatic heterocycles. The van der Waals surface area contributed by atoms with E-state index in [1.54, 1.807) is 18.6 Å². The third-order valence-electron chi connectivity index (χ3n) is 1.77. The number of hydrogen-bond donors (Lipinski definition) is 3. The van der Waals surface area contributed by atoms with E-state index in [1.807, 2.05) is 0 Å². The maximum Gasteiger partial charge on any atom is 0.237 e. The molecule has 4 N–H and O–H groups in total. The van der Waals surface area contributed by atoms with Crippen molar-refractivity contribution in [3.05, 3.63) is 30.9 Å². The highest BCUT2D eigenvalue weighted by molar-refractivity contribution is 5.81. The maximum absolute atomic E-state index is 11.3. The van der Waals surface area contributed by atoms with E-state index in [1.165, 1.54) is 0 Å². The summed E-state index contributed by atoms with van der Waals surface area (Å²) in [5.41, 5.74) is 6.41. The topological polar surface area (TPSA) is 83.8 Å². The largest absolute Gasteiger partial charge is 0.349 e. The number of imidazole rings is 1. The number of carbonyl (C=O) groups is 1. The summed E-state index contributed by atoms with van der Waals surface area (Å²) >= 11 is 0. The molecule has 0 aromatic carbocycles. The van der Waals surface area contributed by atoms with E-state index in [9.17, 15) is 4.79 Å². The van der Waals surface area contributed by atoms with Crippen LogP contribution >= 0.6 is 0 Å². The SMILES string of the molecule is C=CCC(N)C(=O)NCc1cnc[nH]1. The molecule has 0 radical (unpaired) electrons.